The van der Waals surface area contributed by atoms with E-state index in [-0.39, 0.29) is 11.7 Å². The monoisotopic (exact) mass is 378 g/mol. The van der Waals surface area contributed by atoms with Gasteiger partial charge in [0.2, 0.25) is 0 Å². The van der Waals surface area contributed by atoms with E-state index in [0.29, 0.717) is 30.1 Å². The topological polar surface area (TPSA) is 79.1 Å². The molecule has 1 aliphatic rings. The van der Waals surface area contributed by atoms with Gasteiger partial charge in [0.05, 0.1) is 31.7 Å². The first kappa shape index (κ1) is 18.2. The predicted molar refractivity (Wildman–Crippen MR) is 104 cm³/mol. The van der Waals surface area contributed by atoms with Crippen LogP contribution < -0.4 is 9.47 Å². The Bertz CT molecular complexity index is 1040. The Morgan fingerprint density at radius 3 is 2.46 bits per heavy atom. The number of ether oxygens (including phenoxy) is 2. The van der Waals surface area contributed by atoms with Crippen molar-refractivity contribution in [2.24, 2.45) is 0 Å². The zero-order valence-electron chi connectivity index (χ0n) is 16.4. The molecule has 7 heteroatoms. The summed E-state index contributed by atoms with van der Waals surface area (Å²) in [4.78, 5) is 21.8. The van der Waals surface area contributed by atoms with Gasteiger partial charge in [-0.3, -0.25) is 4.79 Å². The minimum Gasteiger partial charge on any atom is -0.497 e. The first-order valence-electron chi connectivity index (χ1n) is 9.15. The van der Waals surface area contributed by atoms with E-state index in [1.807, 2.05) is 38.1 Å². The van der Waals surface area contributed by atoms with E-state index < -0.39 is 0 Å². The van der Waals surface area contributed by atoms with Gasteiger partial charge in [-0.05, 0) is 38.0 Å². The van der Waals surface area contributed by atoms with Gasteiger partial charge in [-0.1, -0.05) is 6.07 Å². The second-order valence-corrected chi connectivity index (χ2v) is 7.00. The van der Waals surface area contributed by atoms with Crippen molar-refractivity contribution in [2.75, 3.05) is 14.2 Å². The molecule has 0 amide bonds. The number of Topliss-reactive ketones (excluding diaryl/α,β-unsaturated/α-hetero) is 1. The number of benzene rings is 1. The maximum atomic E-state index is 12.8. The van der Waals surface area contributed by atoms with Gasteiger partial charge in [0.1, 0.15) is 11.5 Å². The number of methoxy groups -OCH3 is 2. The first-order valence-corrected chi connectivity index (χ1v) is 9.15. The number of hydrogen-bond donors (Lipinski definition) is 0. The van der Waals surface area contributed by atoms with Gasteiger partial charge in [-0.25, -0.2) is 14.6 Å². The molecule has 144 valence electrons. The molecule has 4 rings (SSSR count). The number of aryl methyl sites for hydroxylation is 2. The summed E-state index contributed by atoms with van der Waals surface area (Å²) >= 11 is 0. The van der Waals surface area contributed by atoms with Crippen molar-refractivity contribution in [1.29, 1.82) is 0 Å². The zero-order valence-corrected chi connectivity index (χ0v) is 16.4. The number of carbonyl (C=O) groups is 1. The van der Waals surface area contributed by atoms with E-state index in [1.54, 1.807) is 25.1 Å². The van der Waals surface area contributed by atoms with Crippen LogP contribution in [0, 0.1) is 13.8 Å². The van der Waals surface area contributed by atoms with Crippen LogP contribution in [0.4, 0.5) is 0 Å². The Labute approximate surface area is 163 Å². The molecular weight excluding hydrogens is 356 g/mol. The van der Waals surface area contributed by atoms with Crippen LogP contribution in [-0.4, -0.2) is 39.8 Å². The van der Waals surface area contributed by atoms with Gasteiger partial charge in [0, 0.05) is 29.8 Å². The molecular formula is C21H22N4O3. The summed E-state index contributed by atoms with van der Waals surface area (Å²) in [6.07, 6.45) is 2.69. The number of hydrogen-bond acceptors (Lipinski definition) is 6. The lowest BCUT2D eigenvalue weighted by Gasteiger charge is -2.24. The van der Waals surface area contributed by atoms with Crippen LogP contribution in [0.1, 0.15) is 45.3 Å². The van der Waals surface area contributed by atoms with Crippen molar-refractivity contribution < 1.29 is 14.3 Å². The van der Waals surface area contributed by atoms with Gasteiger partial charge in [-0.2, -0.15) is 5.10 Å². The van der Waals surface area contributed by atoms with E-state index in [0.717, 1.165) is 28.4 Å². The SMILES string of the molecule is COc1ccc([C@@H]2CC(=O)c3cnn(-c4nc(C)cc(C)n4)c3C2)c(OC)c1. The van der Waals surface area contributed by atoms with Gasteiger partial charge in [-0.15, -0.1) is 0 Å². The molecule has 0 spiro atoms. The molecule has 2 heterocycles. The average molecular weight is 378 g/mol. The van der Waals surface area contributed by atoms with Gasteiger partial charge < -0.3 is 9.47 Å². The van der Waals surface area contributed by atoms with Crippen LogP contribution in [0.5, 0.6) is 11.5 Å². The van der Waals surface area contributed by atoms with Crippen molar-refractivity contribution in [1.82, 2.24) is 19.7 Å². The lowest BCUT2D eigenvalue weighted by molar-refractivity contribution is 0.0963. The average Bonchev–Trinajstić information content (AvgIpc) is 3.11. The maximum Gasteiger partial charge on any atom is 0.251 e. The standard InChI is InChI=1S/C21H22N4O3/c1-12-7-13(2)24-21(23-12)25-18-8-14(9-19(26)17(18)11-22-25)16-6-5-15(27-3)10-20(16)28-4/h5-7,10-11,14H,8-9H2,1-4H3/t14-/m0/s1. The highest BCUT2D eigenvalue weighted by Gasteiger charge is 2.32. The number of fused-ring (bicyclic) bond motifs is 1. The Kier molecular flexibility index (Phi) is 4.58. The molecule has 0 bridgehead atoms. The molecule has 0 radical (unpaired) electrons. The fraction of sp³-hybridized carbons (Fsp3) is 0.333. The Balaban J connectivity index is 1.76. The summed E-state index contributed by atoms with van der Waals surface area (Å²) in [5.41, 5.74) is 4.19. The maximum absolute atomic E-state index is 12.8. The molecule has 0 aliphatic heterocycles. The van der Waals surface area contributed by atoms with Crippen LogP contribution in [0.2, 0.25) is 0 Å². The van der Waals surface area contributed by atoms with Gasteiger partial charge in [0.15, 0.2) is 5.78 Å². The molecule has 0 fully saturated rings. The summed E-state index contributed by atoms with van der Waals surface area (Å²) in [7, 11) is 3.25. The lowest BCUT2D eigenvalue weighted by Crippen LogP contribution is -2.21. The molecule has 0 saturated heterocycles. The summed E-state index contributed by atoms with van der Waals surface area (Å²) < 4.78 is 12.5. The predicted octanol–water partition coefficient (Wildman–Crippen LogP) is 3.21. The Hall–Kier alpha value is -3.22. The van der Waals surface area contributed by atoms with Crippen molar-refractivity contribution >= 4 is 5.78 Å². The largest absolute Gasteiger partial charge is 0.497 e. The quantitative estimate of drug-likeness (QED) is 0.694. The van der Waals surface area contributed by atoms with Gasteiger partial charge in [0.25, 0.3) is 5.95 Å². The molecule has 0 N–H and O–H groups in total. The van der Waals surface area contributed by atoms with Crippen LogP contribution in [0.3, 0.4) is 0 Å². The van der Waals surface area contributed by atoms with Crippen molar-refractivity contribution in [3.63, 3.8) is 0 Å². The third-order valence-corrected chi connectivity index (χ3v) is 5.08. The molecule has 0 saturated carbocycles. The Morgan fingerprint density at radius 1 is 1.04 bits per heavy atom. The van der Waals surface area contributed by atoms with Crippen molar-refractivity contribution in [2.45, 2.75) is 32.6 Å². The lowest BCUT2D eigenvalue weighted by atomic mass is 9.82. The molecule has 1 atom stereocenters. The van der Waals surface area contributed by atoms with Crippen LogP contribution in [0.25, 0.3) is 5.95 Å². The van der Waals surface area contributed by atoms with E-state index in [2.05, 4.69) is 15.1 Å². The molecule has 3 aromatic rings. The number of nitrogens with zero attached hydrogens (tertiary/aromatic N) is 4. The number of rotatable bonds is 4. The normalized spacial score (nSPS) is 16.0. The summed E-state index contributed by atoms with van der Waals surface area (Å²) in [6, 6.07) is 7.62. The third-order valence-electron chi connectivity index (χ3n) is 5.08. The highest BCUT2D eigenvalue weighted by Crippen LogP contribution is 2.38. The summed E-state index contributed by atoms with van der Waals surface area (Å²) in [6.45, 7) is 3.84. The van der Waals surface area contributed by atoms with Crippen LogP contribution in [0.15, 0.2) is 30.5 Å². The summed E-state index contributed by atoms with van der Waals surface area (Å²) in [5, 5.41) is 4.42. The number of aromatic nitrogens is 4. The van der Waals surface area contributed by atoms with Crippen LogP contribution in [-0.2, 0) is 6.42 Å². The van der Waals surface area contributed by atoms with Crippen LogP contribution >= 0.6 is 0 Å². The smallest absolute Gasteiger partial charge is 0.251 e. The molecule has 0 unspecified atom stereocenters. The second kappa shape index (κ2) is 7.07. The highest BCUT2D eigenvalue weighted by molar-refractivity contribution is 5.98. The third kappa shape index (κ3) is 3.13. The Morgan fingerprint density at radius 2 is 1.79 bits per heavy atom. The molecule has 2 aromatic heterocycles. The fourth-order valence-electron chi connectivity index (χ4n) is 3.79. The van der Waals surface area contributed by atoms with Gasteiger partial charge >= 0.3 is 0 Å². The van der Waals surface area contributed by atoms with E-state index in [1.165, 1.54) is 0 Å². The number of carbonyl (C=O) groups excluding carboxylic acids is 1. The minimum absolute atomic E-state index is 0.0118. The fourth-order valence-corrected chi connectivity index (χ4v) is 3.79. The second-order valence-electron chi connectivity index (χ2n) is 7.00. The minimum atomic E-state index is -0.0118. The van der Waals surface area contributed by atoms with Crippen molar-refractivity contribution in [3.8, 4) is 17.4 Å². The summed E-state index contributed by atoms with van der Waals surface area (Å²) in [5.74, 6) is 1.99. The first-order chi connectivity index (χ1) is 13.5. The molecule has 28 heavy (non-hydrogen) atoms. The molecule has 7 nitrogen and oxygen atoms in total. The zero-order chi connectivity index (χ0) is 19.8. The van der Waals surface area contributed by atoms with E-state index >= 15 is 0 Å². The molecule has 1 aliphatic carbocycles. The molecule has 1 aromatic carbocycles. The van der Waals surface area contributed by atoms with Crippen molar-refractivity contribution in [3.05, 3.63) is 58.7 Å². The highest BCUT2D eigenvalue weighted by atomic mass is 16.5. The van der Waals surface area contributed by atoms with E-state index in [4.69, 9.17) is 9.47 Å². The van der Waals surface area contributed by atoms with E-state index in [9.17, 15) is 4.79 Å². The number of ketones is 1.